The van der Waals surface area contributed by atoms with Gasteiger partial charge in [0.15, 0.2) is 5.78 Å². The Morgan fingerprint density at radius 1 is 1.17 bits per heavy atom. The van der Waals surface area contributed by atoms with Gasteiger partial charge >= 0.3 is 5.97 Å². The van der Waals surface area contributed by atoms with Gasteiger partial charge in [0.05, 0.1) is 24.7 Å². The van der Waals surface area contributed by atoms with Gasteiger partial charge in [-0.3, -0.25) is 4.79 Å². The van der Waals surface area contributed by atoms with Gasteiger partial charge in [0.2, 0.25) is 0 Å². The fourth-order valence-electron chi connectivity index (χ4n) is 4.17. The molecule has 0 radical (unpaired) electrons. The van der Waals surface area contributed by atoms with Gasteiger partial charge in [0.25, 0.3) is 0 Å². The van der Waals surface area contributed by atoms with Gasteiger partial charge < -0.3 is 14.8 Å². The number of dihydropyridines is 1. The molecule has 0 aromatic heterocycles. The normalized spacial score (nSPS) is 19.0. The molecule has 5 nitrogen and oxygen atoms in total. The molecule has 0 bridgehead atoms. The first-order valence-electron chi connectivity index (χ1n) is 10.7. The minimum Gasteiger partial charge on any atom is -0.494 e. The van der Waals surface area contributed by atoms with Crippen molar-refractivity contribution >= 4 is 11.8 Å². The standard InChI is InChI=1S/C24H31NO4/c1-4-6-9-15-29-24(27)21-16(3)25-18-12-10-13-19(26)23(18)22(21)17-11-7-8-14-20(17)28-5-2/h7-8,11,14,22,25H,4-6,9-10,12-13,15H2,1-3H3/t22-/m0/s1. The van der Waals surface area contributed by atoms with Gasteiger partial charge in [0.1, 0.15) is 5.75 Å². The molecule has 1 N–H and O–H groups in total. The van der Waals surface area contributed by atoms with Crippen LogP contribution in [0.5, 0.6) is 5.75 Å². The number of carbonyl (C=O) groups excluding carboxylic acids is 2. The number of para-hydroxylation sites is 1. The highest BCUT2D eigenvalue weighted by Crippen LogP contribution is 2.45. The zero-order chi connectivity index (χ0) is 20.8. The molecule has 2 aliphatic rings. The maximum Gasteiger partial charge on any atom is 0.336 e. The number of allylic oxidation sites excluding steroid dienone is 3. The number of Topliss-reactive ketones (excluding diaryl/α,β-unsaturated/α-hetero) is 1. The Labute approximate surface area is 173 Å². The Kier molecular flexibility index (Phi) is 7.13. The second-order valence-corrected chi connectivity index (χ2v) is 7.58. The van der Waals surface area contributed by atoms with E-state index in [0.29, 0.717) is 36.5 Å². The lowest BCUT2D eigenvalue weighted by molar-refractivity contribution is -0.139. The van der Waals surface area contributed by atoms with Crippen LogP contribution in [0.1, 0.15) is 70.8 Å². The van der Waals surface area contributed by atoms with Crippen molar-refractivity contribution in [2.75, 3.05) is 13.2 Å². The molecule has 0 saturated carbocycles. The minimum absolute atomic E-state index is 0.0961. The summed E-state index contributed by atoms with van der Waals surface area (Å²) in [5.41, 5.74) is 3.74. The molecule has 1 aliphatic carbocycles. The summed E-state index contributed by atoms with van der Waals surface area (Å²) in [5, 5.41) is 3.33. The van der Waals surface area contributed by atoms with Crippen molar-refractivity contribution in [2.45, 2.75) is 65.2 Å². The van der Waals surface area contributed by atoms with Crippen LogP contribution in [0, 0.1) is 0 Å². The van der Waals surface area contributed by atoms with Crippen LogP contribution in [-0.4, -0.2) is 25.0 Å². The fraction of sp³-hybridized carbons (Fsp3) is 0.500. The third-order valence-corrected chi connectivity index (χ3v) is 5.51. The number of hydrogen-bond donors (Lipinski definition) is 1. The lowest BCUT2D eigenvalue weighted by Gasteiger charge is -2.34. The number of ether oxygens (including phenoxy) is 2. The van der Waals surface area contributed by atoms with Crippen molar-refractivity contribution in [3.05, 3.63) is 52.4 Å². The van der Waals surface area contributed by atoms with E-state index in [4.69, 9.17) is 9.47 Å². The van der Waals surface area contributed by atoms with E-state index < -0.39 is 5.92 Å². The number of nitrogens with one attached hydrogen (secondary N) is 1. The van der Waals surface area contributed by atoms with Crippen LogP contribution in [0.25, 0.3) is 0 Å². The largest absolute Gasteiger partial charge is 0.494 e. The zero-order valence-electron chi connectivity index (χ0n) is 17.7. The molecule has 0 spiro atoms. The van der Waals surface area contributed by atoms with Gasteiger partial charge in [0, 0.05) is 29.0 Å². The van der Waals surface area contributed by atoms with Gasteiger partial charge in [-0.1, -0.05) is 38.0 Å². The Bertz CT molecular complexity index is 837. The molecule has 1 aromatic carbocycles. The Hall–Kier alpha value is -2.56. The van der Waals surface area contributed by atoms with Crippen LogP contribution in [0.4, 0.5) is 0 Å². The molecule has 0 saturated heterocycles. The topological polar surface area (TPSA) is 64.6 Å². The average molecular weight is 398 g/mol. The van der Waals surface area contributed by atoms with Crippen molar-refractivity contribution in [2.24, 2.45) is 0 Å². The van der Waals surface area contributed by atoms with E-state index in [-0.39, 0.29) is 11.8 Å². The van der Waals surface area contributed by atoms with Crippen LogP contribution in [0.3, 0.4) is 0 Å². The summed E-state index contributed by atoms with van der Waals surface area (Å²) in [6.45, 7) is 6.84. The smallest absolute Gasteiger partial charge is 0.336 e. The quantitative estimate of drug-likeness (QED) is 0.505. The molecular formula is C24H31NO4. The molecule has 0 amide bonds. The lowest BCUT2D eigenvalue weighted by atomic mass is 9.75. The number of carbonyl (C=O) groups is 2. The molecule has 1 heterocycles. The highest BCUT2D eigenvalue weighted by Gasteiger charge is 2.40. The number of hydrogen-bond acceptors (Lipinski definition) is 5. The minimum atomic E-state index is -0.458. The van der Waals surface area contributed by atoms with E-state index >= 15 is 0 Å². The van der Waals surface area contributed by atoms with Gasteiger partial charge in [-0.05, 0) is 39.2 Å². The average Bonchev–Trinajstić information content (AvgIpc) is 2.71. The molecule has 1 aliphatic heterocycles. The summed E-state index contributed by atoms with van der Waals surface area (Å²) in [6.07, 6.45) is 5.07. The molecule has 0 unspecified atom stereocenters. The van der Waals surface area contributed by atoms with Crippen molar-refractivity contribution in [1.29, 1.82) is 0 Å². The number of ketones is 1. The van der Waals surface area contributed by atoms with E-state index in [1.165, 1.54) is 0 Å². The van der Waals surface area contributed by atoms with E-state index in [0.717, 1.165) is 49.1 Å². The molecule has 5 heteroatoms. The molecular weight excluding hydrogens is 366 g/mol. The Morgan fingerprint density at radius 3 is 2.72 bits per heavy atom. The molecule has 1 aromatic rings. The highest BCUT2D eigenvalue weighted by molar-refractivity contribution is 6.04. The van der Waals surface area contributed by atoms with Crippen molar-refractivity contribution < 1.29 is 19.1 Å². The summed E-state index contributed by atoms with van der Waals surface area (Å²) < 4.78 is 11.5. The first-order chi connectivity index (χ1) is 14.1. The molecule has 3 rings (SSSR count). The van der Waals surface area contributed by atoms with Crippen LogP contribution < -0.4 is 10.1 Å². The number of esters is 1. The number of unbranched alkanes of at least 4 members (excludes halogenated alkanes) is 2. The maximum atomic E-state index is 13.1. The van der Waals surface area contributed by atoms with E-state index in [1.54, 1.807) is 0 Å². The number of rotatable bonds is 8. The Morgan fingerprint density at radius 2 is 1.97 bits per heavy atom. The van der Waals surface area contributed by atoms with E-state index in [1.807, 2.05) is 38.1 Å². The second-order valence-electron chi connectivity index (χ2n) is 7.58. The Balaban J connectivity index is 2.04. The van der Waals surface area contributed by atoms with Crippen molar-refractivity contribution in [3.63, 3.8) is 0 Å². The molecule has 0 fully saturated rings. The van der Waals surface area contributed by atoms with Gasteiger partial charge in [-0.15, -0.1) is 0 Å². The highest BCUT2D eigenvalue weighted by atomic mass is 16.5. The summed E-state index contributed by atoms with van der Waals surface area (Å²) >= 11 is 0. The summed E-state index contributed by atoms with van der Waals surface area (Å²) in [6, 6.07) is 7.68. The monoisotopic (exact) mass is 397 g/mol. The fourth-order valence-corrected chi connectivity index (χ4v) is 4.17. The van der Waals surface area contributed by atoms with Crippen LogP contribution in [-0.2, 0) is 14.3 Å². The lowest BCUT2D eigenvalue weighted by Crippen LogP contribution is -2.34. The van der Waals surface area contributed by atoms with Crippen LogP contribution >= 0.6 is 0 Å². The van der Waals surface area contributed by atoms with Gasteiger partial charge in [-0.25, -0.2) is 4.79 Å². The first kappa shape index (κ1) is 21.2. The SMILES string of the molecule is CCCCCOC(=O)C1=C(C)NC2=C(C(=O)CCC2)[C@H]1c1ccccc1OCC. The third kappa shape index (κ3) is 4.55. The predicted molar refractivity (Wildman–Crippen MR) is 113 cm³/mol. The van der Waals surface area contributed by atoms with Crippen LogP contribution in [0.2, 0.25) is 0 Å². The third-order valence-electron chi connectivity index (χ3n) is 5.51. The predicted octanol–water partition coefficient (Wildman–Crippen LogP) is 4.79. The summed E-state index contributed by atoms with van der Waals surface area (Å²) in [5.74, 6) is -0.0113. The first-order valence-corrected chi connectivity index (χ1v) is 10.7. The van der Waals surface area contributed by atoms with Crippen molar-refractivity contribution in [1.82, 2.24) is 5.32 Å². The summed E-state index contributed by atoms with van der Waals surface area (Å²) in [4.78, 5) is 26.1. The van der Waals surface area contributed by atoms with Crippen molar-refractivity contribution in [3.8, 4) is 5.75 Å². The molecule has 1 atom stereocenters. The van der Waals surface area contributed by atoms with Gasteiger partial charge in [-0.2, -0.15) is 0 Å². The van der Waals surface area contributed by atoms with E-state index in [9.17, 15) is 9.59 Å². The second kappa shape index (κ2) is 9.77. The molecule has 156 valence electrons. The molecule has 29 heavy (non-hydrogen) atoms. The van der Waals surface area contributed by atoms with Crippen LogP contribution in [0.15, 0.2) is 46.8 Å². The van der Waals surface area contributed by atoms with E-state index in [2.05, 4.69) is 12.2 Å². The number of benzene rings is 1. The summed E-state index contributed by atoms with van der Waals surface area (Å²) in [7, 11) is 0. The maximum absolute atomic E-state index is 13.1. The zero-order valence-corrected chi connectivity index (χ0v) is 17.7.